The quantitative estimate of drug-likeness (QED) is 0.681. The Hall–Kier alpha value is -1.59. The van der Waals surface area contributed by atoms with Crippen LogP contribution in [0.5, 0.6) is 5.75 Å². The Morgan fingerprint density at radius 1 is 1.43 bits per heavy atom. The standard InChI is InChI=1S/C16H25NO4/c1-4-9-17-16(2,15(19)20-3)8-10-21-14-7-5-6-13(11-14)12-18/h5-7,11,17-18H,4,8-10,12H2,1-3H3. The highest BCUT2D eigenvalue weighted by Crippen LogP contribution is 2.17. The maximum absolute atomic E-state index is 11.9. The molecule has 118 valence electrons. The predicted octanol–water partition coefficient (Wildman–Crippen LogP) is 1.88. The number of esters is 1. The molecule has 0 heterocycles. The zero-order valence-corrected chi connectivity index (χ0v) is 13.0. The summed E-state index contributed by atoms with van der Waals surface area (Å²) >= 11 is 0. The zero-order valence-electron chi connectivity index (χ0n) is 13.0. The van der Waals surface area contributed by atoms with Crippen molar-refractivity contribution in [3.05, 3.63) is 29.8 Å². The molecule has 1 unspecified atom stereocenters. The SMILES string of the molecule is CCCNC(C)(CCOc1cccc(CO)c1)C(=O)OC. The minimum Gasteiger partial charge on any atom is -0.493 e. The number of carbonyl (C=O) groups excluding carboxylic acids is 1. The summed E-state index contributed by atoms with van der Waals surface area (Å²) in [6.45, 7) is 4.97. The van der Waals surface area contributed by atoms with Gasteiger partial charge >= 0.3 is 5.97 Å². The number of aliphatic hydroxyl groups excluding tert-OH is 1. The van der Waals surface area contributed by atoms with Crippen LogP contribution in [0.2, 0.25) is 0 Å². The van der Waals surface area contributed by atoms with Gasteiger partial charge in [0.25, 0.3) is 0 Å². The van der Waals surface area contributed by atoms with Crippen LogP contribution in [0.3, 0.4) is 0 Å². The summed E-state index contributed by atoms with van der Waals surface area (Å²) in [7, 11) is 1.39. The molecule has 0 fully saturated rings. The lowest BCUT2D eigenvalue weighted by Crippen LogP contribution is -2.51. The summed E-state index contributed by atoms with van der Waals surface area (Å²) in [4.78, 5) is 11.9. The Morgan fingerprint density at radius 2 is 2.19 bits per heavy atom. The van der Waals surface area contributed by atoms with Crippen molar-refractivity contribution >= 4 is 5.97 Å². The topological polar surface area (TPSA) is 67.8 Å². The number of benzene rings is 1. The first-order valence-electron chi connectivity index (χ1n) is 7.21. The molecule has 5 heteroatoms. The molecule has 0 aliphatic rings. The second-order valence-corrected chi connectivity index (χ2v) is 5.15. The van der Waals surface area contributed by atoms with Gasteiger partial charge in [0.2, 0.25) is 0 Å². The number of carbonyl (C=O) groups is 1. The minimum absolute atomic E-state index is 0.0187. The molecule has 0 spiro atoms. The summed E-state index contributed by atoms with van der Waals surface area (Å²) in [6, 6.07) is 7.27. The fourth-order valence-electron chi connectivity index (χ4n) is 2.00. The maximum atomic E-state index is 11.9. The van der Waals surface area contributed by atoms with Crippen molar-refractivity contribution in [1.82, 2.24) is 5.32 Å². The highest BCUT2D eigenvalue weighted by Gasteiger charge is 2.33. The third kappa shape index (κ3) is 5.36. The van der Waals surface area contributed by atoms with Crippen molar-refractivity contribution in [3.63, 3.8) is 0 Å². The summed E-state index contributed by atoms with van der Waals surface area (Å²) in [5.74, 6) is 0.396. The summed E-state index contributed by atoms with van der Waals surface area (Å²) in [5.41, 5.74) is 0.0478. The van der Waals surface area contributed by atoms with Crippen LogP contribution in [0, 0.1) is 0 Å². The Kier molecular flexibility index (Phi) is 7.19. The Bertz CT molecular complexity index is 450. The predicted molar refractivity (Wildman–Crippen MR) is 81.2 cm³/mol. The van der Waals surface area contributed by atoms with Gasteiger partial charge in [0.05, 0.1) is 20.3 Å². The molecule has 1 rings (SSSR count). The molecule has 2 N–H and O–H groups in total. The second-order valence-electron chi connectivity index (χ2n) is 5.15. The summed E-state index contributed by atoms with van der Waals surface area (Å²) in [5, 5.41) is 12.3. The molecule has 0 saturated heterocycles. The van der Waals surface area contributed by atoms with E-state index in [-0.39, 0.29) is 12.6 Å². The van der Waals surface area contributed by atoms with Gasteiger partial charge in [-0.1, -0.05) is 19.1 Å². The van der Waals surface area contributed by atoms with Gasteiger partial charge in [-0.3, -0.25) is 4.79 Å². The van der Waals surface area contributed by atoms with E-state index in [1.807, 2.05) is 32.0 Å². The van der Waals surface area contributed by atoms with Crippen LogP contribution in [-0.2, 0) is 16.1 Å². The molecule has 0 radical (unpaired) electrons. The third-order valence-corrected chi connectivity index (χ3v) is 3.35. The lowest BCUT2D eigenvalue weighted by Gasteiger charge is -2.27. The van der Waals surface area contributed by atoms with Crippen molar-refractivity contribution in [2.75, 3.05) is 20.3 Å². The second kappa shape index (κ2) is 8.64. The highest BCUT2D eigenvalue weighted by molar-refractivity contribution is 5.80. The molecule has 0 aliphatic carbocycles. The van der Waals surface area contributed by atoms with E-state index in [2.05, 4.69) is 5.32 Å². The first-order valence-corrected chi connectivity index (χ1v) is 7.21. The van der Waals surface area contributed by atoms with E-state index in [0.717, 1.165) is 18.5 Å². The third-order valence-electron chi connectivity index (χ3n) is 3.35. The van der Waals surface area contributed by atoms with E-state index in [4.69, 9.17) is 14.6 Å². The van der Waals surface area contributed by atoms with Crippen LogP contribution in [0.25, 0.3) is 0 Å². The molecule has 21 heavy (non-hydrogen) atoms. The number of hydrogen-bond donors (Lipinski definition) is 2. The molecule has 1 atom stereocenters. The van der Waals surface area contributed by atoms with Crippen LogP contribution < -0.4 is 10.1 Å². The van der Waals surface area contributed by atoms with E-state index in [1.54, 1.807) is 6.07 Å². The highest BCUT2D eigenvalue weighted by atomic mass is 16.5. The van der Waals surface area contributed by atoms with Gasteiger partial charge in [0, 0.05) is 6.42 Å². The van der Waals surface area contributed by atoms with Gasteiger partial charge in [-0.05, 0) is 37.6 Å². The van der Waals surface area contributed by atoms with Crippen molar-refractivity contribution < 1.29 is 19.4 Å². The molecule has 0 amide bonds. The van der Waals surface area contributed by atoms with Gasteiger partial charge in [-0.2, -0.15) is 0 Å². The smallest absolute Gasteiger partial charge is 0.325 e. The maximum Gasteiger partial charge on any atom is 0.325 e. The minimum atomic E-state index is -0.751. The lowest BCUT2D eigenvalue weighted by atomic mass is 9.98. The van der Waals surface area contributed by atoms with Crippen LogP contribution in [0.15, 0.2) is 24.3 Å². The van der Waals surface area contributed by atoms with Gasteiger partial charge in [-0.25, -0.2) is 0 Å². The number of methoxy groups -OCH3 is 1. The molecule has 0 bridgehead atoms. The van der Waals surface area contributed by atoms with Crippen LogP contribution in [0.4, 0.5) is 0 Å². The molecular weight excluding hydrogens is 270 g/mol. The first kappa shape index (κ1) is 17.5. The monoisotopic (exact) mass is 295 g/mol. The number of rotatable bonds is 9. The van der Waals surface area contributed by atoms with E-state index >= 15 is 0 Å². The van der Waals surface area contributed by atoms with Gasteiger partial charge in [-0.15, -0.1) is 0 Å². The zero-order chi connectivity index (χ0) is 15.7. The number of aliphatic hydroxyl groups is 1. The van der Waals surface area contributed by atoms with Crippen molar-refractivity contribution in [2.45, 2.75) is 38.8 Å². The first-order chi connectivity index (χ1) is 10.1. The fourth-order valence-corrected chi connectivity index (χ4v) is 2.00. The Balaban J connectivity index is 2.58. The Labute approximate surface area is 126 Å². The molecule has 0 saturated carbocycles. The van der Waals surface area contributed by atoms with E-state index in [1.165, 1.54) is 7.11 Å². The van der Waals surface area contributed by atoms with Gasteiger partial charge in [0.15, 0.2) is 0 Å². The lowest BCUT2D eigenvalue weighted by molar-refractivity contribution is -0.148. The van der Waals surface area contributed by atoms with Crippen LogP contribution in [-0.4, -0.2) is 36.9 Å². The molecule has 1 aromatic rings. The largest absolute Gasteiger partial charge is 0.493 e. The molecule has 0 aliphatic heterocycles. The summed E-state index contributed by atoms with van der Waals surface area (Å²) < 4.78 is 10.5. The van der Waals surface area contributed by atoms with Crippen molar-refractivity contribution in [3.8, 4) is 5.75 Å². The van der Waals surface area contributed by atoms with E-state index in [0.29, 0.717) is 18.8 Å². The molecule has 0 aromatic heterocycles. The van der Waals surface area contributed by atoms with Crippen LogP contribution in [0.1, 0.15) is 32.3 Å². The van der Waals surface area contributed by atoms with Crippen LogP contribution >= 0.6 is 0 Å². The number of nitrogens with one attached hydrogen (secondary N) is 1. The number of hydrogen-bond acceptors (Lipinski definition) is 5. The Morgan fingerprint density at radius 3 is 2.81 bits per heavy atom. The average molecular weight is 295 g/mol. The van der Waals surface area contributed by atoms with E-state index in [9.17, 15) is 4.79 Å². The molecular formula is C16H25NO4. The average Bonchev–Trinajstić information content (AvgIpc) is 2.52. The fraction of sp³-hybridized carbons (Fsp3) is 0.562. The van der Waals surface area contributed by atoms with Gasteiger partial charge < -0.3 is 19.9 Å². The molecule has 5 nitrogen and oxygen atoms in total. The molecule has 1 aromatic carbocycles. The van der Waals surface area contributed by atoms with E-state index < -0.39 is 5.54 Å². The van der Waals surface area contributed by atoms with Gasteiger partial charge in [0.1, 0.15) is 11.3 Å². The number of ether oxygens (including phenoxy) is 2. The van der Waals surface area contributed by atoms with Crippen molar-refractivity contribution in [2.24, 2.45) is 0 Å². The summed E-state index contributed by atoms with van der Waals surface area (Å²) in [6.07, 6.45) is 1.44. The van der Waals surface area contributed by atoms with Crippen molar-refractivity contribution in [1.29, 1.82) is 0 Å². The normalized spacial score (nSPS) is 13.5.